The maximum Gasteiger partial charge on any atom is 0.341 e. The molecule has 11 heteroatoms. The first kappa shape index (κ1) is 20.1. The molecule has 3 amide bonds. The van der Waals surface area contributed by atoms with Crippen LogP contribution in [0.1, 0.15) is 5.69 Å². The van der Waals surface area contributed by atoms with E-state index in [4.69, 9.17) is 21.4 Å². The number of benzene rings is 1. The van der Waals surface area contributed by atoms with E-state index in [1.807, 2.05) is 0 Å². The van der Waals surface area contributed by atoms with Crippen molar-refractivity contribution in [1.29, 1.82) is 0 Å². The molecule has 150 valence electrons. The summed E-state index contributed by atoms with van der Waals surface area (Å²) in [5, 5.41) is 16.3. The van der Waals surface area contributed by atoms with Gasteiger partial charge in [-0.3, -0.25) is 9.48 Å². The van der Waals surface area contributed by atoms with Crippen LogP contribution in [0.2, 0.25) is 5.02 Å². The molecular formula is C18H16ClN5O5. The minimum atomic E-state index is -1.14. The molecule has 2 N–H and O–H groups in total. The first-order chi connectivity index (χ1) is 13.8. The third kappa shape index (κ3) is 4.27. The molecule has 0 aliphatic rings. The van der Waals surface area contributed by atoms with E-state index in [0.717, 1.165) is 4.90 Å². The van der Waals surface area contributed by atoms with Crippen LogP contribution in [0.4, 0.5) is 16.2 Å². The lowest BCUT2D eigenvalue weighted by Gasteiger charge is -2.17. The van der Waals surface area contributed by atoms with Crippen LogP contribution < -0.4 is 15.0 Å². The highest BCUT2D eigenvalue weighted by Crippen LogP contribution is 2.28. The van der Waals surface area contributed by atoms with E-state index >= 15 is 0 Å². The van der Waals surface area contributed by atoms with Gasteiger partial charge in [-0.2, -0.15) is 5.10 Å². The fourth-order valence-electron chi connectivity index (χ4n) is 2.67. The number of rotatable bonds is 6. The number of nitrogens with one attached hydrogen (secondary N) is 1. The Morgan fingerprint density at radius 2 is 2.14 bits per heavy atom. The highest BCUT2D eigenvalue weighted by molar-refractivity contribution is 6.32. The lowest BCUT2D eigenvalue weighted by atomic mass is 10.2. The number of amides is 3. The smallest absolute Gasteiger partial charge is 0.341 e. The van der Waals surface area contributed by atoms with Crippen LogP contribution in [-0.4, -0.2) is 44.9 Å². The van der Waals surface area contributed by atoms with E-state index in [9.17, 15) is 14.4 Å². The van der Waals surface area contributed by atoms with Crippen LogP contribution in [0.3, 0.4) is 0 Å². The molecule has 0 spiro atoms. The van der Waals surface area contributed by atoms with E-state index in [1.165, 1.54) is 24.4 Å². The second-order valence-corrected chi connectivity index (χ2v) is 6.41. The Balaban J connectivity index is 1.80. The fourth-order valence-corrected chi connectivity index (χ4v) is 2.91. The Hall–Kier alpha value is -3.66. The number of urea groups is 1. The van der Waals surface area contributed by atoms with Gasteiger partial charge in [0.25, 0.3) is 0 Å². The second kappa shape index (κ2) is 8.15. The number of aliphatic carboxylic acids is 1. The molecule has 2 aromatic heterocycles. The van der Waals surface area contributed by atoms with Gasteiger partial charge in [0.05, 0.1) is 22.6 Å². The zero-order valence-electron chi connectivity index (χ0n) is 15.4. The van der Waals surface area contributed by atoms with Gasteiger partial charge in [0.2, 0.25) is 6.41 Å². The van der Waals surface area contributed by atoms with Gasteiger partial charge in [-0.05, 0) is 31.2 Å². The number of hydrogen-bond acceptors (Lipinski definition) is 6. The summed E-state index contributed by atoms with van der Waals surface area (Å²) in [6.07, 6.45) is 1.77. The number of anilines is 2. The molecule has 0 bridgehead atoms. The molecule has 3 aromatic rings. The highest BCUT2D eigenvalue weighted by Gasteiger charge is 2.18. The van der Waals surface area contributed by atoms with Gasteiger partial charge in [0.15, 0.2) is 12.3 Å². The molecule has 10 nitrogen and oxygen atoms in total. The summed E-state index contributed by atoms with van der Waals surface area (Å²) in [4.78, 5) is 39.8. The molecular weight excluding hydrogens is 402 g/mol. The number of carbonyl (C=O) groups excluding carboxylic acids is 2. The van der Waals surface area contributed by atoms with Crippen molar-refractivity contribution in [3.63, 3.8) is 0 Å². The van der Waals surface area contributed by atoms with Crippen molar-refractivity contribution in [2.24, 2.45) is 7.05 Å². The van der Waals surface area contributed by atoms with Crippen LogP contribution >= 0.6 is 11.6 Å². The van der Waals surface area contributed by atoms with Crippen molar-refractivity contribution in [3.8, 4) is 5.75 Å². The van der Waals surface area contributed by atoms with Crippen LogP contribution in [-0.2, 0) is 16.6 Å². The number of fused-ring (bicyclic) bond motifs is 1. The van der Waals surface area contributed by atoms with Gasteiger partial charge in [-0.1, -0.05) is 11.6 Å². The molecule has 0 fully saturated rings. The third-order valence-corrected chi connectivity index (χ3v) is 4.28. The monoisotopic (exact) mass is 417 g/mol. The molecule has 2 heterocycles. The Morgan fingerprint density at radius 1 is 1.38 bits per heavy atom. The predicted octanol–water partition coefficient (Wildman–Crippen LogP) is 2.59. The SMILES string of the molecule is Cc1nn(C)c2ncc(N(C=O)C(=O)Nc3ccc(OCC(=O)O)c(Cl)c3)cc12. The van der Waals surface area contributed by atoms with E-state index in [1.54, 1.807) is 24.7 Å². The zero-order chi connectivity index (χ0) is 21.1. The second-order valence-electron chi connectivity index (χ2n) is 6.01. The van der Waals surface area contributed by atoms with Gasteiger partial charge in [-0.25, -0.2) is 19.5 Å². The van der Waals surface area contributed by atoms with Crippen molar-refractivity contribution in [2.45, 2.75) is 6.92 Å². The topological polar surface area (TPSA) is 127 Å². The minimum absolute atomic E-state index is 0.107. The largest absolute Gasteiger partial charge is 0.480 e. The number of carboxylic acids is 1. The molecule has 0 saturated carbocycles. The summed E-state index contributed by atoms with van der Waals surface area (Å²) in [7, 11) is 1.75. The van der Waals surface area contributed by atoms with E-state index < -0.39 is 18.6 Å². The number of aryl methyl sites for hydroxylation is 2. The molecule has 29 heavy (non-hydrogen) atoms. The predicted molar refractivity (Wildman–Crippen MR) is 105 cm³/mol. The fraction of sp³-hybridized carbons (Fsp3) is 0.167. The zero-order valence-corrected chi connectivity index (χ0v) is 16.2. The Morgan fingerprint density at radius 3 is 2.79 bits per heavy atom. The minimum Gasteiger partial charge on any atom is -0.480 e. The molecule has 3 rings (SSSR count). The molecule has 0 radical (unpaired) electrons. The third-order valence-electron chi connectivity index (χ3n) is 3.99. The van der Waals surface area contributed by atoms with Gasteiger partial charge in [0.1, 0.15) is 5.75 Å². The standard InChI is InChI=1S/C18H16ClN5O5/c1-10-13-6-12(7-20-17(13)23(2)22-10)24(9-25)18(28)21-11-3-4-15(14(19)5-11)29-8-16(26)27/h3-7,9H,8H2,1-2H3,(H,21,28)(H,26,27). The number of halogens is 1. The summed E-state index contributed by atoms with van der Waals surface area (Å²) in [5.41, 5.74) is 1.91. The molecule has 1 aromatic carbocycles. The maximum absolute atomic E-state index is 12.6. The summed E-state index contributed by atoms with van der Waals surface area (Å²) < 4.78 is 6.63. The van der Waals surface area contributed by atoms with Crippen LogP contribution in [0, 0.1) is 6.92 Å². The van der Waals surface area contributed by atoms with Gasteiger partial charge in [0, 0.05) is 18.1 Å². The quantitative estimate of drug-likeness (QED) is 0.590. The average molecular weight is 418 g/mol. The number of ether oxygens (including phenoxy) is 1. The van der Waals surface area contributed by atoms with Crippen molar-refractivity contribution >= 4 is 52.4 Å². The number of pyridine rings is 1. The van der Waals surface area contributed by atoms with E-state index in [0.29, 0.717) is 28.8 Å². The Bertz CT molecular complexity index is 1110. The summed E-state index contributed by atoms with van der Waals surface area (Å²) in [5.74, 6) is -0.990. The molecule has 0 saturated heterocycles. The summed E-state index contributed by atoms with van der Waals surface area (Å²) in [6, 6.07) is 5.19. The van der Waals surface area contributed by atoms with Crippen molar-refractivity contribution < 1.29 is 24.2 Å². The molecule has 0 atom stereocenters. The molecule has 0 aliphatic carbocycles. The summed E-state index contributed by atoms with van der Waals surface area (Å²) in [6.45, 7) is 1.25. The van der Waals surface area contributed by atoms with Crippen molar-refractivity contribution in [3.05, 3.63) is 41.2 Å². The number of aromatic nitrogens is 3. The normalized spacial score (nSPS) is 10.6. The Kier molecular flexibility index (Phi) is 5.64. The van der Waals surface area contributed by atoms with Crippen molar-refractivity contribution in [2.75, 3.05) is 16.8 Å². The van der Waals surface area contributed by atoms with E-state index in [2.05, 4.69) is 15.4 Å². The number of imide groups is 1. The number of hydrogen-bond donors (Lipinski definition) is 2. The average Bonchev–Trinajstić information content (AvgIpc) is 2.95. The van der Waals surface area contributed by atoms with Gasteiger partial charge >= 0.3 is 12.0 Å². The maximum atomic E-state index is 12.6. The molecule has 0 aliphatic heterocycles. The van der Waals surface area contributed by atoms with E-state index in [-0.39, 0.29) is 16.5 Å². The first-order valence-corrected chi connectivity index (χ1v) is 8.67. The van der Waals surface area contributed by atoms with Crippen LogP contribution in [0.5, 0.6) is 5.75 Å². The lowest BCUT2D eigenvalue weighted by Crippen LogP contribution is -2.33. The first-order valence-electron chi connectivity index (χ1n) is 8.29. The molecule has 0 unspecified atom stereocenters. The number of carboxylic acid groups (broad SMARTS) is 1. The lowest BCUT2D eigenvalue weighted by molar-refractivity contribution is -0.139. The van der Waals surface area contributed by atoms with Gasteiger partial charge < -0.3 is 15.2 Å². The number of carbonyl (C=O) groups is 3. The highest BCUT2D eigenvalue weighted by atomic mass is 35.5. The number of nitrogens with zero attached hydrogens (tertiary/aromatic N) is 4. The van der Waals surface area contributed by atoms with Crippen LogP contribution in [0.15, 0.2) is 30.5 Å². The van der Waals surface area contributed by atoms with Crippen molar-refractivity contribution in [1.82, 2.24) is 14.8 Å². The summed E-state index contributed by atoms with van der Waals surface area (Å²) >= 11 is 6.04. The Labute approximate surface area is 169 Å². The van der Waals surface area contributed by atoms with Crippen LogP contribution in [0.25, 0.3) is 11.0 Å². The van der Waals surface area contributed by atoms with Gasteiger partial charge in [-0.15, -0.1) is 0 Å².